The minimum atomic E-state index is 0.713. The highest BCUT2D eigenvalue weighted by Crippen LogP contribution is 2.12. The first-order valence-electron chi connectivity index (χ1n) is 4.54. The zero-order valence-corrected chi connectivity index (χ0v) is 9.16. The lowest BCUT2D eigenvalue weighted by atomic mass is 10.3. The molecule has 0 aliphatic carbocycles. The molecule has 1 aromatic heterocycles. The number of aryl methyl sites for hydroxylation is 1. The summed E-state index contributed by atoms with van der Waals surface area (Å²) in [6.45, 7) is 2.67. The van der Waals surface area contributed by atoms with E-state index in [0.29, 0.717) is 6.54 Å². The summed E-state index contributed by atoms with van der Waals surface area (Å²) >= 11 is 0. The van der Waals surface area contributed by atoms with Crippen molar-refractivity contribution in [3.8, 4) is 5.75 Å². The van der Waals surface area contributed by atoms with Crippen LogP contribution in [0.3, 0.4) is 0 Å². The van der Waals surface area contributed by atoms with Gasteiger partial charge in [0.2, 0.25) is 0 Å². The summed E-state index contributed by atoms with van der Waals surface area (Å²) in [5, 5.41) is 1.90. The Hall–Kier alpha value is -1.13. The standard InChI is InChI=1S/C10H17N3O/c1-8-5-10(14-4)6-9(12-8)7-11-13(2)3/h5-6,11H,7H2,1-4H3. The van der Waals surface area contributed by atoms with Crippen LogP contribution in [0.25, 0.3) is 0 Å². The lowest BCUT2D eigenvalue weighted by Crippen LogP contribution is -2.30. The van der Waals surface area contributed by atoms with Crippen LogP contribution in [0.15, 0.2) is 12.1 Å². The molecule has 0 saturated carbocycles. The van der Waals surface area contributed by atoms with Crippen molar-refractivity contribution in [3.05, 3.63) is 23.5 Å². The first-order chi connectivity index (χ1) is 6.61. The van der Waals surface area contributed by atoms with Gasteiger partial charge in [-0.25, -0.2) is 5.43 Å². The zero-order chi connectivity index (χ0) is 10.6. The van der Waals surface area contributed by atoms with Crippen LogP contribution in [0.2, 0.25) is 0 Å². The second-order valence-corrected chi connectivity index (χ2v) is 3.37. The summed E-state index contributed by atoms with van der Waals surface area (Å²) < 4.78 is 5.16. The summed E-state index contributed by atoms with van der Waals surface area (Å²) in [5.74, 6) is 0.855. The van der Waals surface area contributed by atoms with Crippen molar-refractivity contribution in [3.63, 3.8) is 0 Å². The number of aromatic nitrogens is 1. The number of hydrogen-bond donors (Lipinski definition) is 1. The fourth-order valence-electron chi connectivity index (χ4n) is 1.15. The van der Waals surface area contributed by atoms with Crippen molar-refractivity contribution in [2.45, 2.75) is 13.5 Å². The summed E-state index contributed by atoms with van der Waals surface area (Å²) in [6.07, 6.45) is 0. The molecule has 78 valence electrons. The van der Waals surface area contributed by atoms with Crippen molar-refractivity contribution in [2.24, 2.45) is 0 Å². The van der Waals surface area contributed by atoms with E-state index in [1.807, 2.05) is 38.2 Å². The van der Waals surface area contributed by atoms with Gasteiger partial charge in [-0.15, -0.1) is 0 Å². The molecule has 1 heterocycles. The summed E-state index contributed by atoms with van der Waals surface area (Å²) in [4.78, 5) is 4.38. The van der Waals surface area contributed by atoms with Crippen LogP contribution in [-0.2, 0) is 6.54 Å². The van der Waals surface area contributed by atoms with Crippen molar-refractivity contribution in [2.75, 3.05) is 21.2 Å². The van der Waals surface area contributed by atoms with E-state index in [1.54, 1.807) is 7.11 Å². The third kappa shape index (κ3) is 3.32. The highest BCUT2D eigenvalue weighted by molar-refractivity contribution is 5.26. The lowest BCUT2D eigenvalue weighted by molar-refractivity contribution is 0.283. The van der Waals surface area contributed by atoms with Crippen LogP contribution in [0.5, 0.6) is 5.75 Å². The number of hydrogen-bond acceptors (Lipinski definition) is 4. The molecule has 4 nitrogen and oxygen atoms in total. The Kier molecular flexibility index (Phi) is 3.85. The molecule has 0 spiro atoms. The molecule has 0 saturated heterocycles. The van der Waals surface area contributed by atoms with Crippen LogP contribution in [-0.4, -0.2) is 31.2 Å². The molecule has 0 aliphatic rings. The fraction of sp³-hybridized carbons (Fsp3) is 0.500. The first-order valence-corrected chi connectivity index (χ1v) is 4.54. The normalized spacial score (nSPS) is 10.6. The van der Waals surface area contributed by atoms with Crippen LogP contribution in [0.1, 0.15) is 11.4 Å². The topological polar surface area (TPSA) is 37.4 Å². The molecule has 1 aromatic rings. The van der Waals surface area contributed by atoms with Gasteiger partial charge >= 0.3 is 0 Å². The monoisotopic (exact) mass is 195 g/mol. The Labute approximate surface area is 84.9 Å². The quantitative estimate of drug-likeness (QED) is 0.726. The van der Waals surface area contributed by atoms with Crippen LogP contribution in [0, 0.1) is 6.92 Å². The SMILES string of the molecule is COc1cc(C)nc(CNN(C)C)c1. The highest BCUT2D eigenvalue weighted by Gasteiger charge is 2.00. The van der Waals surface area contributed by atoms with Gasteiger partial charge in [0.1, 0.15) is 5.75 Å². The van der Waals surface area contributed by atoms with E-state index in [0.717, 1.165) is 17.1 Å². The third-order valence-corrected chi connectivity index (χ3v) is 1.79. The Morgan fingerprint density at radius 1 is 1.43 bits per heavy atom. The van der Waals surface area contributed by atoms with E-state index in [-0.39, 0.29) is 0 Å². The maximum Gasteiger partial charge on any atom is 0.122 e. The van der Waals surface area contributed by atoms with E-state index in [1.165, 1.54) is 0 Å². The number of rotatable bonds is 4. The van der Waals surface area contributed by atoms with Gasteiger partial charge in [-0.2, -0.15) is 0 Å². The van der Waals surface area contributed by atoms with E-state index < -0.39 is 0 Å². The van der Waals surface area contributed by atoms with E-state index in [2.05, 4.69) is 10.4 Å². The second kappa shape index (κ2) is 4.93. The smallest absolute Gasteiger partial charge is 0.122 e. The predicted molar refractivity (Wildman–Crippen MR) is 56.1 cm³/mol. The minimum Gasteiger partial charge on any atom is -0.497 e. The molecule has 0 amide bonds. The molecule has 0 aliphatic heterocycles. The molecular weight excluding hydrogens is 178 g/mol. The molecule has 1 rings (SSSR count). The van der Waals surface area contributed by atoms with Gasteiger partial charge in [0, 0.05) is 31.9 Å². The van der Waals surface area contributed by atoms with Gasteiger partial charge in [-0.3, -0.25) is 9.99 Å². The summed E-state index contributed by atoms with van der Waals surface area (Å²) in [7, 11) is 5.57. The molecule has 0 bridgehead atoms. The zero-order valence-electron chi connectivity index (χ0n) is 9.16. The number of nitrogens with one attached hydrogen (secondary N) is 1. The van der Waals surface area contributed by atoms with Gasteiger partial charge < -0.3 is 4.74 Å². The molecular formula is C10H17N3O. The van der Waals surface area contributed by atoms with Gasteiger partial charge in [0.15, 0.2) is 0 Å². The molecule has 0 fully saturated rings. The molecule has 0 atom stereocenters. The Morgan fingerprint density at radius 2 is 2.14 bits per heavy atom. The Morgan fingerprint density at radius 3 is 2.71 bits per heavy atom. The number of hydrazine groups is 1. The van der Waals surface area contributed by atoms with E-state index in [4.69, 9.17) is 4.74 Å². The summed E-state index contributed by atoms with van der Waals surface area (Å²) in [5.41, 5.74) is 5.11. The Bertz CT molecular complexity index is 299. The molecule has 4 heteroatoms. The van der Waals surface area contributed by atoms with Gasteiger partial charge in [-0.1, -0.05) is 0 Å². The second-order valence-electron chi connectivity index (χ2n) is 3.37. The maximum absolute atomic E-state index is 5.16. The largest absolute Gasteiger partial charge is 0.497 e. The first kappa shape index (κ1) is 10.9. The van der Waals surface area contributed by atoms with Crippen molar-refractivity contribution in [1.82, 2.24) is 15.4 Å². The minimum absolute atomic E-state index is 0.713. The number of pyridine rings is 1. The van der Waals surface area contributed by atoms with Crippen molar-refractivity contribution >= 4 is 0 Å². The predicted octanol–water partition coefficient (Wildman–Crippen LogP) is 0.965. The maximum atomic E-state index is 5.16. The van der Waals surface area contributed by atoms with E-state index >= 15 is 0 Å². The molecule has 0 aromatic carbocycles. The lowest BCUT2D eigenvalue weighted by Gasteiger charge is -2.12. The number of ether oxygens (including phenoxy) is 1. The molecule has 1 N–H and O–H groups in total. The van der Waals surface area contributed by atoms with Gasteiger partial charge in [0.05, 0.1) is 19.3 Å². The number of methoxy groups -OCH3 is 1. The average Bonchev–Trinajstić information content (AvgIpc) is 2.14. The van der Waals surface area contributed by atoms with Crippen LogP contribution < -0.4 is 10.2 Å². The Balaban J connectivity index is 2.71. The average molecular weight is 195 g/mol. The molecule has 14 heavy (non-hydrogen) atoms. The number of nitrogens with zero attached hydrogens (tertiary/aromatic N) is 2. The van der Waals surface area contributed by atoms with Crippen molar-refractivity contribution in [1.29, 1.82) is 0 Å². The fourth-order valence-corrected chi connectivity index (χ4v) is 1.15. The molecule has 0 radical (unpaired) electrons. The molecule has 0 unspecified atom stereocenters. The summed E-state index contributed by atoms with van der Waals surface area (Å²) in [6, 6.07) is 3.85. The van der Waals surface area contributed by atoms with Gasteiger partial charge in [-0.05, 0) is 6.92 Å². The van der Waals surface area contributed by atoms with Crippen LogP contribution in [0.4, 0.5) is 0 Å². The third-order valence-electron chi connectivity index (χ3n) is 1.79. The van der Waals surface area contributed by atoms with E-state index in [9.17, 15) is 0 Å². The van der Waals surface area contributed by atoms with Crippen LogP contribution >= 0.6 is 0 Å². The highest BCUT2D eigenvalue weighted by atomic mass is 16.5. The van der Waals surface area contributed by atoms with Crippen molar-refractivity contribution < 1.29 is 4.74 Å². The van der Waals surface area contributed by atoms with Gasteiger partial charge in [0.25, 0.3) is 0 Å².